The summed E-state index contributed by atoms with van der Waals surface area (Å²) < 4.78 is 11.1. The molecule has 2 aliphatic heterocycles. The number of amides is 1. The second-order valence-corrected chi connectivity index (χ2v) is 7.23. The third-order valence-electron chi connectivity index (χ3n) is 5.08. The summed E-state index contributed by atoms with van der Waals surface area (Å²) in [5, 5.41) is 1.84. The van der Waals surface area contributed by atoms with E-state index in [9.17, 15) is 4.79 Å². The predicted octanol–water partition coefficient (Wildman–Crippen LogP) is 3.29. The number of carbonyl (C=O) groups is 1. The van der Waals surface area contributed by atoms with E-state index in [0.29, 0.717) is 26.2 Å². The zero-order chi connectivity index (χ0) is 17.2. The number of halogens is 1. The molecular weight excluding hydrogens is 340 g/mol. The summed E-state index contributed by atoms with van der Waals surface area (Å²) in [4.78, 5) is 17.9. The van der Waals surface area contributed by atoms with Gasteiger partial charge in [-0.15, -0.1) is 0 Å². The number of ether oxygens (including phenoxy) is 2. The molecule has 6 heteroatoms. The van der Waals surface area contributed by atoms with Crippen LogP contribution in [0.2, 0.25) is 5.02 Å². The molecule has 0 bridgehead atoms. The first-order valence-electron chi connectivity index (χ1n) is 8.97. The van der Waals surface area contributed by atoms with Gasteiger partial charge in [0.05, 0.1) is 25.7 Å². The summed E-state index contributed by atoms with van der Waals surface area (Å²) in [5.41, 5.74) is 3.50. The third kappa shape index (κ3) is 3.68. The lowest BCUT2D eigenvalue weighted by atomic mass is 10.0. The van der Waals surface area contributed by atoms with Crippen LogP contribution < -0.4 is 0 Å². The number of fused-ring (bicyclic) bond motifs is 3. The minimum absolute atomic E-state index is 0.148. The molecule has 1 amide bonds. The molecule has 25 heavy (non-hydrogen) atoms. The van der Waals surface area contributed by atoms with E-state index in [1.54, 1.807) is 0 Å². The molecular formula is C19H23ClN2O3. The van der Waals surface area contributed by atoms with Gasteiger partial charge < -0.3 is 19.4 Å². The van der Waals surface area contributed by atoms with Crippen molar-refractivity contribution in [3.8, 4) is 0 Å². The molecule has 2 aromatic rings. The standard InChI is InChI=1S/C19H23ClN2O3/c20-13-3-4-17-15(10-13)16-11-22(7-5-18(16)21-17)19(23)6-9-24-12-14-2-1-8-25-14/h3-4,10,14,21H,1-2,5-9,11-12H2. The fourth-order valence-electron chi connectivity index (χ4n) is 3.71. The summed E-state index contributed by atoms with van der Waals surface area (Å²) >= 11 is 6.13. The summed E-state index contributed by atoms with van der Waals surface area (Å²) in [5.74, 6) is 0.148. The van der Waals surface area contributed by atoms with Gasteiger partial charge in [-0.3, -0.25) is 4.79 Å². The van der Waals surface area contributed by atoms with Gasteiger partial charge in [0.15, 0.2) is 0 Å². The topological polar surface area (TPSA) is 54.6 Å². The van der Waals surface area contributed by atoms with Crippen LogP contribution in [0, 0.1) is 0 Å². The fourth-order valence-corrected chi connectivity index (χ4v) is 3.88. The number of benzene rings is 1. The zero-order valence-electron chi connectivity index (χ0n) is 14.2. The van der Waals surface area contributed by atoms with Gasteiger partial charge in [-0.2, -0.15) is 0 Å². The SMILES string of the molecule is O=C(CCOCC1CCCO1)N1CCc2[nH]c3ccc(Cl)cc3c2C1. The first-order chi connectivity index (χ1) is 12.2. The van der Waals surface area contributed by atoms with Crippen molar-refractivity contribution in [1.29, 1.82) is 0 Å². The predicted molar refractivity (Wildman–Crippen MR) is 96.8 cm³/mol. The molecule has 0 radical (unpaired) electrons. The van der Waals surface area contributed by atoms with Crippen LogP contribution in [-0.4, -0.2) is 48.3 Å². The van der Waals surface area contributed by atoms with Gasteiger partial charge in [0.1, 0.15) is 0 Å². The molecule has 2 aliphatic rings. The summed E-state index contributed by atoms with van der Waals surface area (Å²) in [6, 6.07) is 5.87. The molecule has 1 saturated heterocycles. The van der Waals surface area contributed by atoms with E-state index in [0.717, 1.165) is 48.3 Å². The number of nitrogens with zero attached hydrogens (tertiary/aromatic N) is 1. The van der Waals surface area contributed by atoms with Gasteiger partial charge in [-0.05, 0) is 31.0 Å². The molecule has 0 aliphatic carbocycles. The van der Waals surface area contributed by atoms with Crippen molar-refractivity contribution in [3.05, 3.63) is 34.5 Å². The van der Waals surface area contributed by atoms with E-state index in [1.165, 1.54) is 11.3 Å². The van der Waals surface area contributed by atoms with Crippen LogP contribution in [0.4, 0.5) is 0 Å². The van der Waals surface area contributed by atoms with Crippen molar-refractivity contribution < 1.29 is 14.3 Å². The number of H-pyrrole nitrogens is 1. The van der Waals surface area contributed by atoms with Crippen LogP contribution in [0.3, 0.4) is 0 Å². The Labute approximate surface area is 152 Å². The molecule has 1 atom stereocenters. The second-order valence-electron chi connectivity index (χ2n) is 6.80. The Morgan fingerprint density at radius 1 is 1.44 bits per heavy atom. The molecule has 0 saturated carbocycles. The quantitative estimate of drug-likeness (QED) is 0.830. The minimum Gasteiger partial charge on any atom is -0.378 e. The fraction of sp³-hybridized carbons (Fsp3) is 0.526. The van der Waals surface area contributed by atoms with Gasteiger partial charge in [-0.1, -0.05) is 11.6 Å². The van der Waals surface area contributed by atoms with Crippen molar-refractivity contribution in [2.75, 3.05) is 26.4 Å². The molecule has 3 heterocycles. The normalized spacial score (nSPS) is 20.2. The number of hydrogen-bond donors (Lipinski definition) is 1. The van der Waals surface area contributed by atoms with Crippen LogP contribution in [0.1, 0.15) is 30.5 Å². The Balaban J connectivity index is 1.34. The Morgan fingerprint density at radius 2 is 2.36 bits per heavy atom. The van der Waals surface area contributed by atoms with E-state index in [1.807, 2.05) is 23.1 Å². The maximum atomic E-state index is 12.5. The summed E-state index contributed by atoms with van der Waals surface area (Å²) in [6.45, 7) is 3.27. The molecule has 1 unspecified atom stereocenters. The smallest absolute Gasteiger partial charge is 0.225 e. The molecule has 4 rings (SSSR count). The molecule has 0 spiro atoms. The molecule has 134 valence electrons. The Bertz CT molecular complexity index is 767. The van der Waals surface area contributed by atoms with Gasteiger partial charge in [0.2, 0.25) is 5.91 Å². The maximum absolute atomic E-state index is 12.5. The van der Waals surface area contributed by atoms with Gasteiger partial charge >= 0.3 is 0 Å². The monoisotopic (exact) mass is 362 g/mol. The average Bonchev–Trinajstić information content (AvgIpc) is 3.25. The minimum atomic E-state index is 0.148. The second kappa shape index (κ2) is 7.36. The van der Waals surface area contributed by atoms with E-state index >= 15 is 0 Å². The van der Waals surface area contributed by atoms with E-state index < -0.39 is 0 Å². The molecule has 1 aromatic heterocycles. The van der Waals surface area contributed by atoms with Crippen molar-refractivity contribution in [1.82, 2.24) is 9.88 Å². The molecule has 1 fully saturated rings. The maximum Gasteiger partial charge on any atom is 0.225 e. The largest absolute Gasteiger partial charge is 0.378 e. The van der Waals surface area contributed by atoms with Crippen LogP contribution in [0.15, 0.2) is 18.2 Å². The first-order valence-corrected chi connectivity index (χ1v) is 9.34. The van der Waals surface area contributed by atoms with Crippen LogP contribution in [0.5, 0.6) is 0 Å². The van der Waals surface area contributed by atoms with E-state index in [4.69, 9.17) is 21.1 Å². The zero-order valence-corrected chi connectivity index (χ0v) is 15.0. The molecule has 1 N–H and O–H groups in total. The van der Waals surface area contributed by atoms with Crippen molar-refractivity contribution in [2.24, 2.45) is 0 Å². The van der Waals surface area contributed by atoms with Crippen molar-refractivity contribution >= 4 is 28.4 Å². The Hall–Kier alpha value is -1.56. The Morgan fingerprint density at radius 3 is 3.20 bits per heavy atom. The van der Waals surface area contributed by atoms with Gasteiger partial charge in [-0.25, -0.2) is 0 Å². The van der Waals surface area contributed by atoms with E-state index in [2.05, 4.69) is 4.98 Å². The summed E-state index contributed by atoms with van der Waals surface area (Å²) in [7, 11) is 0. The highest BCUT2D eigenvalue weighted by molar-refractivity contribution is 6.31. The van der Waals surface area contributed by atoms with Crippen LogP contribution >= 0.6 is 11.6 Å². The van der Waals surface area contributed by atoms with Crippen molar-refractivity contribution in [3.63, 3.8) is 0 Å². The lowest BCUT2D eigenvalue weighted by Crippen LogP contribution is -2.36. The van der Waals surface area contributed by atoms with Gasteiger partial charge in [0, 0.05) is 53.3 Å². The van der Waals surface area contributed by atoms with Gasteiger partial charge in [0.25, 0.3) is 0 Å². The molecule has 1 aromatic carbocycles. The lowest BCUT2D eigenvalue weighted by molar-refractivity contribution is -0.133. The Kier molecular flexibility index (Phi) is 4.97. The number of aromatic amines is 1. The number of rotatable bonds is 5. The van der Waals surface area contributed by atoms with Crippen LogP contribution in [-0.2, 0) is 27.2 Å². The number of hydrogen-bond acceptors (Lipinski definition) is 3. The number of nitrogens with one attached hydrogen (secondary N) is 1. The number of carbonyl (C=O) groups excluding carboxylic acids is 1. The highest BCUT2D eigenvalue weighted by Gasteiger charge is 2.24. The number of aromatic nitrogens is 1. The first kappa shape index (κ1) is 16.9. The van der Waals surface area contributed by atoms with E-state index in [-0.39, 0.29) is 12.0 Å². The highest BCUT2D eigenvalue weighted by Crippen LogP contribution is 2.29. The summed E-state index contributed by atoms with van der Waals surface area (Å²) in [6.07, 6.45) is 3.66. The van der Waals surface area contributed by atoms with Crippen LogP contribution in [0.25, 0.3) is 10.9 Å². The average molecular weight is 363 g/mol. The lowest BCUT2D eigenvalue weighted by Gasteiger charge is -2.27. The van der Waals surface area contributed by atoms with Crippen molar-refractivity contribution in [2.45, 2.75) is 38.3 Å². The third-order valence-corrected chi connectivity index (χ3v) is 5.31. The highest BCUT2D eigenvalue weighted by atomic mass is 35.5. The molecule has 5 nitrogen and oxygen atoms in total.